The van der Waals surface area contributed by atoms with Crippen molar-refractivity contribution in [2.24, 2.45) is 0 Å². The summed E-state index contributed by atoms with van der Waals surface area (Å²) in [6, 6.07) is 0.827. The Kier molecular flexibility index (Phi) is 2.81. The molecule has 82 valence electrons. The molecule has 0 radical (unpaired) electrons. The maximum absolute atomic E-state index is 13.3. The van der Waals surface area contributed by atoms with E-state index in [2.05, 4.69) is 4.98 Å². The first-order valence-corrected chi connectivity index (χ1v) is 4.91. The van der Waals surface area contributed by atoms with Crippen LogP contribution >= 0.6 is 0 Å². The largest absolute Gasteiger partial charge is 0.393 e. The van der Waals surface area contributed by atoms with Crippen molar-refractivity contribution in [3.8, 4) is 0 Å². The summed E-state index contributed by atoms with van der Waals surface area (Å²) >= 11 is 0. The van der Waals surface area contributed by atoms with E-state index in [0.29, 0.717) is 25.9 Å². The van der Waals surface area contributed by atoms with Gasteiger partial charge in [-0.15, -0.1) is 0 Å². The molecule has 15 heavy (non-hydrogen) atoms. The van der Waals surface area contributed by atoms with Gasteiger partial charge in [-0.25, -0.2) is 13.8 Å². The van der Waals surface area contributed by atoms with E-state index in [-0.39, 0.29) is 11.9 Å². The van der Waals surface area contributed by atoms with E-state index in [1.807, 2.05) is 0 Å². The number of aliphatic hydroxyl groups is 1. The molecular formula is C10H12F2N2O. The van der Waals surface area contributed by atoms with E-state index >= 15 is 0 Å². The van der Waals surface area contributed by atoms with Crippen LogP contribution in [0.1, 0.15) is 12.8 Å². The van der Waals surface area contributed by atoms with Crippen molar-refractivity contribution in [2.75, 3.05) is 18.0 Å². The van der Waals surface area contributed by atoms with Crippen molar-refractivity contribution in [3.05, 3.63) is 23.9 Å². The minimum absolute atomic E-state index is 0.170. The molecule has 1 aliphatic rings. The first-order chi connectivity index (χ1) is 7.16. The smallest absolute Gasteiger partial charge is 0.168 e. The summed E-state index contributed by atoms with van der Waals surface area (Å²) in [5.74, 6) is -1.15. The van der Waals surface area contributed by atoms with Gasteiger partial charge < -0.3 is 10.0 Å². The molecule has 0 bridgehead atoms. The summed E-state index contributed by atoms with van der Waals surface area (Å²) in [7, 11) is 0. The minimum Gasteiger partial charge on any atom is -0.393 e. The molecule has 1 aromatic heterocycles. The highest BCUT2D eigenvalue weighted by atomic mass is 19.1. The molecule has 0 amide bonds. The Morgan fingerprint density at radius 3 is 2.60 bits per heavy atom. The van der Waals surface area contributed by atoms with Gasteiger partial charge in [0, 0.05) is 19.2 Å². The van der Waals surface area contributed by atoms with E-state index in [0.717, 1.165) is 12.3 Å². The first-order valence-electron chi connectivity index (χ1n) is 4.91. The number of nitrogens with zero attached hydrogens (tertiary/aromatic N) is 2. The van der Waals surface area contributed by atoms with Gasteiger partial charge in [-0.05, 0) is 12.8 Å². The molecule has 1 aliphatic heterocycles. The van der Waals surface area contributed by atoms with Crippen LogP contribution in [0.2, 0.25) is 0 Å². The second-order valence-corrected chi connectivity index (χ2v) is 3.68. The lowest BCUT2D eigenvalue weighted by Crippen LogP contribution is -2.36. The van der Waals surface area contributed by atoms with E-state index < -0.39 is 11.6 Å². The van der Waals surface area contributed by atoms with Gasteiger partial charge in [0.25, 0.3) is 0 Å². The van der Waals surface area contributed by atoms with Crippen molar-refractivity contribution in [3.63, 3.8) is 0 Å². The summed E-state index contributed by atoms with van der Waals surface area (Å²) < 4.78 is 25.9. The van der Waals surface area contributed by atoms with Crippen LogP contribution in [-0.4, -0.2) is 29.3 Å². The van der Waals surface area contributed by atoms with E-state index in [9.17, 15) is 13.9 Å². The zero-order valence-electron chi connectivity index (χ0n) is 8.16. The maximum atomic E-state index is 13.3. The molecule has 2 heterocycles. The fourth-order valence-corrected chi connectivity index (χ4v) is 1.72. The lowest BCUT2D eigenvalue weighted by molar-refractivity contribution is 0.145. The van der Waals surface area contributed by atoms with E-state index in [1.54, 1.807) is 4.90 Å². The number of anilines is 1. The molecule has 0 aliphatic carbocycles. The van der Waals surface area contributed by atoms with Crippen LogP contribution < -0.4 is 4.90 Å². The Balaban J connectivity index is 2.15. The van der Waals surface area contributed by atoms with Gasteiger partial charge in [0.2, 0.25) is 0 Å². The Bertz CT molecular complexity index is 351. The predicted octanol–water partition coefficient (Wildman–Crippen LogP) is 1.32. The summed E-state index contributed by atoms with van der Waals surface area (Å²) in [4.78, 5) is 5.44. The number of piperidine rings is 1. The predicted molar refractivity (Wildman–Crippen MR) is 51.6 cm³/mol. The monoisotopic (exact) mass is 214 g/mol. The van der Waals surface area contributed by atoms with Crippen LogP contribution in [0.25, 0.3) is 0 Å². The third-order valence-electron chi connectivity index (χ3n) is 2.55. The lowest BCUT2D eigenvalue weighted by Gasteiger charge is -2.30. The van der Waals surface area contributed by atoms with Crippen molar-refractivity contribution in [1.29, 1.82) is 0 Å². The average molecular weight is 214 g/mol. The van der Waals surface area contributed by atoms with Gasteiger partial charge in [-0.1, -0.05) is 0 Å². The summed E-state index contributed by atoms with van der Waals surface area (Å²) in [6.45, 7) is 1.10. The quantitative estimate of drug-likeness (QED) is 0.766. The standard InChI is InChI=1S/C10H12F2N2O/c11-7-5-9(12)10(13-6-7)14-3-1-8(15)2-4-14/h5-6,8,15H,1-4H2. The van der Waals surface area contributed by atoms with Gasteiger partial charge in [0.05, 0.1) is 12.3 Å². The van der Waals surface area contributed by atoms with E-state index in [1.165, 1.54) is 0 Å². The van der Waals surface area contributed by atoms with Crippen molar-refractivity contribution in [2.45, 2.75) is 18.9 Å². The van der Waals surface area contributed by atoms with Crippen molar-refractivity contribution >= 4 is 5.82 Å². The molecule has 0 saturated carbocycles. The summed E-state index contributed by atoms with van der Waals surface area (Å²) in [6.07, 6.45) is 1.88. The normalized spacial score (nSPS) is 18.2. The van der Waals surface area contributed by atoms with Gasteiger partial charge in [-0.2, -0.15) is 0 Å². The van der Waals surface area contributed by atoms with Gasteiger partial charge >= 0.3 is 0 Å². The number of halogens is 2. The third-order valence-corrected chi connectivity index (χ3v) is 2.55. The molecule has 2 rings (SSSR count). The fraction of sp³-hybridized carbons (Fsp3) is 0.500. The van der Waals surface area contributed by atoms with Crippen molar-refractivity contribution in [1.82, 2.24) is 4.98 Å². The molecule has 3 nitrogen and oxygen atoms in total. The van der Waals surface area contributed by atoms with Crippen LogP contribution in [0.3, 0.4) is 0 Å². The molecular weight excluding hydrogens is 202 g/mol. The highest BCUT2D eigenvalue weighted by molar-refractivity contribution is 5.40. The van der Waals surface area contributed by atoms with Gasteiger partial charge in [0.1, 0.15) is 5.82 Å². The average Bonchev–Trinajstić information content (AvgIpc) is 2.20. The molecule has 1 saturated heterocycles. The number of hydrogen-bond donors (Lipinski definition) is 1. The molecule has 0 atom stereocenters. The molecule has 0 aromatic carbocycles. The van der Waals surface area contributed by atoms with Crippen molar-refractivity contribution < 1.29 is 13.9 Å². The third kappa shape index (κ3) is 2.23. The number of rotatable bonds is 1. The highest BCUT2D eigenvalue weighted by Gasteiger charge is 2.20. The van der Waals surface area contributed by atoms with Crippen LogP contribution in [0.4, 0.5) is 14.6 Å². The van der Waals surface area contributed by atoms with Crippen LogP contribution in [0.15, 0.2) is 12.3 Å². The second kappa shape index (κ2) is 4.10. The maximum Gasteiger partial charge on any atom is 0.168 e. The van der Waals surface area contributed by atoms with Crippen LogP contribution in [0.5, 0.6) is 0 Å². The molecule has 1 fully saturated rings. The Morgan fingerprint density at radius 2 is 2.00 bits per heavy atom. The zero-order valence-corrected chi connectivity index (χ0v) is 8.16. The molecule has 0 spiro atoms. The summed E-state index contributed by atoms with van der Waals surface area (Å²) in [5, 5.41) is 9.29. The van der Waals surface area contributed by atoms with Gasteiger partial charge in [0.15, 0.2) is 11.6 Å². The number of hydrogen-bond acceptors (Lipinski definition) is 3. The summed E-state index contributed by atoms with van der Waals surface area (Å²) in [5.41, 5.74) is 0. The topological polar surface area (TPSA) is 36.4 Å². The fourth-order valence-electron chi connectivity index (χ4n) is 1.72. The van der Waals surface area contributed by atoms with Crippen LogP contribution in [-0.2, 0) is 0 Å². The highest BCUT2D eigenvalue weighted by Crippen LogP contribution is 2.21. The number of aliphatic hydroxyl groups excluding tert-OH is 1. The molecule has 5 heteroatoms. The lowest BCUT2D eigenvalue weighted by atomic mass is 10.1. The molecule has 1 aromatic rings. The second-order valence-electron chi connectivity index (χ2n) is 3.68. The van der Waals surface area contributed by atoms with E-state index in [4.69, 9.17) is 0 Å². The Labute approximate surface area is 86.4 Å². The number of pyridine rings is 1. The molecule has 0 unspecified atom stereocenters. The zero-order chi connectivity index (χ0) is 10.8. The minimum atomic E-state index is -0.673. The van der Waals surface area contributed by atoms with Crippen LogP contribution in [0, 0.1) is 11.6 Å². The molecule has 1 N–H and O–H groups in total. The Hall–Kier alpha value is -1.23. The Morgan fingerprint density at radius 1 is 1.33 bits per heavy atom. The van der Waals surface area contributed by atoms with Gasteiger partial charge in [-0.3, -0.25) is 0 Å². The number of aromatic nitrogens is 1. The SMILES string of the molecule is OC1CCN(c2ncc(F)cc2F)CC1. The first kappa shape index (κ1) is 10.3.